The lowest BCUT2D eigenvalue weighted by atomic mass is 9.93. The van der Waals surface area contributed by atoms with E-state index in [1.807, 2.05) is 0 Å². The van der Waals surface area contributed by atoms with Gasteiger partial charge in [-0.3, -0.25) is 0 Å². The predicted octanol–water partition coefficient (Wildman–Crippen LogP) is 3.14. The number of thiazole rings is 1. The van der Waals surface area contributed by atoms with Crippen molar-refractivity contribution in [2.24, 2.45) is 11.1 Å². The summed E-state index contributed by atoms with van der Waals surface area (Å²) >= 11 is 1.79. The van der Waals surface area contributed by atoms with E-state index >= 15 is 0 Å². The van der Waals surface area contributed by atoms with Crippen molar-refractivity contribution in [1.82, 2.24) is 4.98 Å². The molecular formula is C12H22N2S. The highest BCUT2D eigenvalue weighted by Crippen LogP contribution is 2.26. The lowest BCUT2D eigenvalue weighted by Crippen LogP contribution is -2.08. The molecule has 1 rings (SSSR count). The monoisotopic (exact) mass is 226 g/mol. The molecule has 1 aromatic heterocycles. The van der Waals surface area contributed by atoms with Gasteiger partial charge in [-0.25, -0.2) is 4.98 Å². The van der Waals surface area contributed by atoms with E-state index in [2.05, 4.69) is 27.7 Å². The highest BCUT2D eigenvalue weighted by Gasteiger charge is 2.16. The lowest BCUT2D eigenvalue weighted by molar-refractivity contribution is 0.410. The molecule has 0 aliphatic carbocycles. The van der Waals surface area contributed by atoms with Gasteiger partial charge in [0.25, 0.3) is 0 Å². The summed E-state index contributed by atoms with van der Waals surface area (Å²) in [6, 6.07) is 0. The van der Waals surface area contributed by atoms with Gasteiger partial charge in [-0.15, -0.1) is 11.3 Å². The molecule has 0 saturated carbocycles. The minimum Gasteiger partial charge on any atom is -0.326 e. The molecule has 15 heavy (non-hydrogen) atoms. The molecule has 86 valence electrons. The number of rotatable bonds is 4. The molecule has 0 aromatic carbocycles. The van der Waals surface area contributed by atoms with Crippen molar-refractivity contribution in [2.45, 2.75) is 53.5 Å². The van der Waals surface area contributed by atoms with Crippen LogP contribution in [0.15, 0.2) is 0 Å². The maximum Gasteiger partial charge on any atom is 0.0936 e. The molecule has 0 radical (unpaired) electrons. The summed E-state index contributed by atoms with van der Waals surface area (Å²) in [5.41, 5.74) is 7.27. The van der Waals surface area contributed by atoms with Crippen LogP contribution in [0.2, 0.25) is 0 Å². The smallest absolute Gasteiger partial charge is 0.0936 e. The predicted molar refractivity (Wildman–Crippen MR) is 67.2 cm³/mol. The van der Waals surface area contributed by atoms with Crippen LogP contribution in [0.1, 0.15) is 49.7 Å². The zero-order chi connectivity index (χ0) is 11.5. The van der Waals surface area contributed by atoms with Crippen LogP contribution in [-0.2, 0) is 19.4 Å². The highest BCUT2D eigenvalue weighted by atomic mass is 32.1. The van der Waals surface area contributed by atoms with Crippen molar-refractivity contribution in [2.75, 3.05) is 0 Å². The first-order chi connectivity index (χ1) is 6.96. The van der Waals surface area contributed by atoms with Gasteiger partial charge in [-0.2, -0.15) is 0 Å². The number of hydrogen-bond donors (Lipinski definition) is 1. The topological polar surface area (TPSA) is 38.9 Å². The average molecular weight is 226 g/mol. The summed E-state index contributed by atoms with van der Waals surface area (Å²) < 4.78 is 0. The second-order valence-corrected chi connectivity index (χ2v) is 6.34. The molecule has 3 heteroatoms. The highest BCUT2D eigenvalue weighted by molar-refractivity contribution is 7.11. The second kappa shape index (κ2) is 5.08. The molecule has 2 nitrogen and oxygen atoms in total. The second-order valence-electron chi connectivity index (χ2n) is 5.17. The molecule has 1 heterocycles. The fraction of sp³-hybridized carbons (Fsp3) is 0.750. The lowest BCUT2D eigenvalue weighted by Gasteiger charge is -2.15. The Hall–Kier alpha value is -0.410. The molecule has 0 aliphatic heterocycles. The van der Waals surface area contributed by atoms with Crippen LogP contribution in [0.4, 0.5) is 0 Å². The molecule has 0 bridgehead atoms. The third-order valence-electron chi connectivity index (χ3n) is 2.18. The maximum atomic E-state index is 5.73. The Balaban J connectivity index is 2.83. The molecule has 0 saturated heterocycles. The molecule has 0 aliphatic rings. The average Bonchev–Trinajstić information content (AvgIpc) is 2.45. The zero-order valence-electron chi connectivity index (χ0n) is 10.3. The van der Waals surface area contributed by atoms with Crippen LogP contribution in [0.25, 0.3) is 0 Å². The van der Waals surface area contributed by atoms with Crippen LogP contribution in [0.5, 0.6) is 0 Å². The molecule has 0 atom stereocenters. The molecule has 0 spiro atoms. The van der Waals surface area contributed by atoms with Gasteiger partial charge in [-0.05, 0) is 11.8 Å². The number of aromatic nitrogens is 1. The first-order valence-corrected chi connectivity index (χ1v) is 6.45. The van der Waals surface area contributed by atoms with Crippen LogP contribution in [0, 0.1) is 5.41 Å². The van der Waals surface area contributed by atoms with Crippen molar-refractivity contribution in [3.63, 3.8) is 0 Å². The van der Waals surface area contributed by atoms with Gasteiger partial charge < -0.3 is 5.73 Å². The quantitative estimate of drug-likeness (QED) is 0.856. The van der Waals surface area contributed by atoms with Crippen molar-refractivity contribution in [3.05, 3.63) is 15.6 Å². The van der Waals surface area contributed by atoms with E-state index in [9.17, 15) is 0 Å². The van der Waals surface area contributed by atoms with E-state index in [1.54, 1.807) is 11.3 Å². The van der Waals surface area contributed by atoms with Crippen LogP contribution in [0.3, 0.4) is 0 Å². The van der Waals surface area contributed by atoms with E-state index in [0.717, 1.165) is 19.3 Å². The Morgan fingerprint density at radius 2 is 2.00 bits per heavy atom. The van der Waals surface area contributed by atoms with Crippen molar-refractivity contribution in [1.29, 1.82) is 0 Å². The molecule has 0 unspecified atom stereocenters. The van der Waals surface area contributed by atoms with Crippen LogP contribution < -0.4 is 5.73 Å². The fourth-order valence-corrected chi connectivity index (χ4v) is 2.85. The first kappa shape index (κ1) is 12.7. The summed E-state index contributed by atoms with van der Waals surface area (Å²) in [5, 5.41) is 1.24. The van der Waals surface area contributed by atoms with Gasteiger partial charge in [0.1, 0.15) is 0 Å². The number of nitrogens with two attached hydrogens (primary N) is 1. The maximum absolute atomic E-state index is 5.73. The van der Waals surface area contributed by atoms with E-state index in [-0.39, 0.29) is 0 Å². The van der Waals surface area contributed by atoms with Crippen LogP contribution >= 0.6 is 11.3 Å². The van der Waals surface area contributed by atoms with E-state index in [0.29, 0.717) is 12.0 Å². The summed E-state index contributed by atoms with van der Waals surface area (Å²) in [5.74, 6) is 0. The third kappa shape index (κ3) is 3.92. The van der Waals surface area contributed by atoms with Gasteiger partial charge in [0.15, 0.2) is 0 Å². The minimum atomic E-state index is 0.313. The molecule has 1 aromatic rings. The van der Waals surface area contributed by atoms with Gasteiger partial charge in [-0.1, -0.05) is 34.1 Å². The number of hydrogen-bond acceptors (Lipinski definition) is 3. The Bertz CT molecular complexity index is 310. The SMILES string of the molecule is CCCc1nc(CC(C)(C)C)sc1CN. The summed E-state index contributed by atoms with van der Waals surface area (Å²) in [4.78, 5) is 5.97. The Morgan fingerprint density at radius 3 is 2.47 bits per heavy atom. The van der Waals surface area contributed by atoms with Gasteiger partial charge in [0, 0.05) is 17.8 Å². The summed E-state index contributed by atoms with van der Waals surface area (Å²) in [6.07, 6.45) is 3.26. The van der Waals surface area contributed by atoms with Crippen molar-refractivity contribution >= 4 is 11.3 Å². The Kier molecular flexibility index (Phi) is 4.29. The standard InChI is InChI=1S/C12H22N2S/c1-5-6-9-10(8-13)15-11(14-9)7-12(2,3)4/h5-8,13H2,1-4H3. The van der Waals surface area contributed by atoms with Crippen molar-refractivity contribution in [3.8, 4) is 0 Å². The normalized spacial score (nSPS) is 12.1. The Morgan fingerprint density at radius 1 is 1.33 bits per heavy atom. The zero-order valence-corrected chi connectivity index (χ0v) is 11.1. The van der Waals surface area contributed by atoms with Crippen molar-refractivity contribution < 1.29 is 0 Å². The molecule has 0 amide bonds. The van der Waals surface area contributed by atoms with Gasteiger partial charge >= 0.3 is 0 Å². The number of aryl methyl sites for hydroxylation is 1. The molecule has 0 fully saturated rings. The van der Waals surface area contributed by atoms with E-state index < -0.39 is 0 Å². The van der Waals surface area contributed by atoms with E-state index in [4.69, 9.17) is 10.7 Å². The minimum absolute atomic E-state index is 0.313. The molecular weight excluding hydrogens is 204 g/mol. The van der Waals surface area contributed by atoms with Crippen LogP contribution in [-0.4, -0.2) is 4.98 Å². The van der Waals surface area contributed by atoms with Gasteiger partial charge in [0.05, 0.1) is 10.7 Å². The van der Waals surface area contributed by atoms with Gasteiger partial charge in [0.2, 0.25) is 0 Å². The fourth-order valence-electron chi connectivity index (χ4n) is 1.56. The third-order valence-corrected chi connectivity index (χ3v) is 3.30. The number of nitrogens with zero attached hydrogens (tertiary/aromatic N) is 1. The molecule has 2 N–H and O–H groups in total. The first-order valence-electron chi connectivity index (χ1n) is 5.64. The summed E-state index contributed by atoms with van der Waals surface area (Å²) in [7, 11) is 0. The summed E-state index contributed by atoms with van der Waals surface area (Å²) in [6.45, 7) is 9.56. The Labute approximate surface area is 96.9 Å². The largest absolute Gasteiger partial charge is 0.326 e. The van der Waals surface area contributed by atoms with E-state index in [1.165, 1.54) is 15.6 Å².